The average molecular weight is 246 g/mol. The van der Waals surface area contributed by atoms with Crippen molar-refractivity contribution in [3.8, 4) is 0 Å². The lowest BCUT2D eigenvalue weighted by molar-refractivity contribution is 0.176. The van der Waals surface area contributed by atoms with Gasteiger partial charge in [0, 0.05) is 34.9 Å². The predicted molar refractivity (Wildman–Crippen MR) is 71.3 cm³/mol. The number of hydrogen-bond acceptors (Lipinski definition) is 3. The van der Waals surface area contributed by atoms with Gasteiger partial charge in [0.25, 0.3) is 0 Å². The molecule has 0 aromatic heterocycles. The molecule has 1 fully saturated rings. The first-order valence-corrected chi connectivity index (χ1v) is 7.98. The Bertz CT molecular complexity index is 211. The van der Waals surface area contributed by atoms with Gasteiger partial charge in [-0.1, -0.05) is 13.3 Å². The molecular weight excluding hydrogens is 220 g/mol. The van der Waals surface area contributed by atoms with Crippen molar-refractivity contribution in [3.63, 3.8) is 0 Å². The maximum atomic E-state index is 11.2. The van der Waals surface area contributed by atoms with E-state index in [1.54, 1.807) is 0 Å². The van der Waals surface area contributed by atoms with E-state index in [2.05, 4.69) is 17.3 Å². The molecule has 16 heavy (non-hydrogen) atoms. The molecule has 0 aliphatic carbocycles. The van der Waals surface area contributed by atoms with Crippen molar-refractivity contribution in [2.75, 3.05) is 38.2 Å². The SMILES string of the molecule is CCS(=O)CCNCCC1CCCCN1C. The second kappa shape index (κ2) is 8.20. The third kappa shape index (κ3) is 5.41. The number of piperidine rings is 1. The van der Waals surface area contributed by atoms with Gasteiger partial charge in [0.15, 0.2) is 0 Å². The summed E-state index contributed by atoms with van der Waals surface area (Å²) in [6.45, 7) is 5.20. The fourth-order valence-corrected chi connectivity index (χ4v) is 2.89. The van der Waals surface area contributed by atoms with Gasteiger partial charge in [-0.15, -0.1) is 0 Å². The Morgan fingerprint density at radius 3 is 2.88 bits per heavy atom. The van der Waals surface area contributed by atoms with Crippen LogP contribution in [0.1, 0.15) is 32.6 Å². The first kappa shape index (κ1) is 14.1. The van der Waals surface area contributed by atoms with E-state index in [1.807, 2.05) is 6.92 Å². The van der Waals surface area contributed by atoms with E-state index >= 15 is 0 Å². The Labute approximate surface area is 102 Å². The second-order valence-electron chi connectivity index (χ2n) is 4.60. The van der Waals surface area contributed by atoms with Gasteiger partial charge in [0.2, 0.25) is 0 Å². The normalized spacial score (nSPS) is 24.5. The molecule has 0 saturated carbocycles. The summed E-state index contributed by atoms with van der Waals surface area (Å²) in [7, 11) is 1.62. The van der Waals surface area contributed by atoms with Crippen LogP contribution in [-0.4, -0.2) is 53.3 Å². The molecule has 0 aromatic rings. The van der Waals surface area contributed by atoms with E-state index in [9.17, 15) is 4.21 Å². The van der Waals surface area contributed by atoms with E-state index in [0.29, 0.717) is 0 Å². The minimum absolute atomic E-state index is 0.615. The highest BCUT2D eigenvalue weighted by atomic mass is 32.2. The lowest BCUT2D eigenvalue weighted by Gasteiger charge is -2.32. The smallest absolute Gasteiger partial charge is 0.0359 e. The standard InChI is InChI=1S/C12H26N2OS/c1-3-16(15)11-9-13-8-7-12-6-4-5-10-14(12)2/h12-13H,3-11H2,1-2H3. The van der Waals surface area contributed by atoms with Gasteiger partial charge in [-0.2, -0.15) is 0 Å². The summed E-state index contributed by atoms with van der Waals surface area (Å²) in [5, 5.41) is 3.40. The summed E-state index contributed by atoms with van der Waals surface area (Å²) in [6, 6.07) is 0.762. The first-order chi connectivity index (χ1) is 7.74. The summed E-state index contributed by atoms with van der Waals surface area (Å²) in [4.78, 5) is 2.48. The third-order valence-electron chi connectivity index (χ3n) is 3.40. The minimum atomic E-state index is -0.615. The molecule has 2 unspecified atom stereocenters. The first-order valence-electron chi connectivity index (χ1n) is 6.50. The van der Waals surface area contributed by atoms with Gasteiger partial charge in [-0.05, 0) is 39.4 Å². The number of nitrogens with one attached hydrogen (secondary N) is 1. The second-order valence-corrected chi connectivity index (χ2v) is 6.47. The van der Waals surface area contributed by atoms with Crippen molar-refractivity contribution in [2.24, 2.45) is 0 Å². The van der Waals surface area contributed by atoms with Crippen LogP contribution in [0.4, 0.5) is 0 Å². The summed E-state index contributed by atoms with van der Waals surface area (Å²) < 4.78 is 11.2. The van der Waals surface area contributed by atoms with Crippen molar-refractivity contribution < 1.29 is 4.21 Å². The van der Waals surface area contributed by atoms with Crippen molar-refractivity contribution >= 4 is 10.8 Å². The molecule has 1 aliphatic rings. The number of rotatable bonds is 7. The molecule has 1 heterocycles. The van der Waals surface area contributed by atoms with Gasteiger partial charge >= 0.3 is 0 Å². The Kier molecular flexibility index (Phi) is 7.25. The zero-order valence-electron chi connectivity index (χ0n) is 10.7. The highest BCUT2D eigenvalue weighted by molar-refractivity contribution is 7.84. The zero-order chi connectivity index (χ0) is 11.8. The predicted octanol–water partition coefficient (Wildman–Crippen LogP) is 1.22. The Morgan fingerprint density at radius 2 is 2.19 bits per heavy atom. The quantitative estimate of drug-likeness (QED) is 0.686. The highest BCUT2D eigenvalue weighted by Crippen LogP contribution is 2.16. The molecule has 4 heteroatoms. The zero-order valence-corrected chi connectivity index (χ0v) is 11.5. The van der Waals surface area contributed by atoms with Crippen molar-refractivity contribution in [2.45, 2.75) is 38.6 Å². The van der Waals surface area contributed by atoms with Crippen LogP contribution in [0.25, 0.3) is 0 Å². The maximum absolute atomic E-state index is 11.2. The fraction of sp³-hybridized carbons (Fsp3) is 1.00. The lowest BCUT2D eigenvalue weighted by atomic mass is 10.0. The summed E-state index contributed by atoms with van der Waals surface area (Å²) in [5.74, 6) is 1.59. The monoisotopic (exact) mass is 246 g/mol. The molecule has 0 amide bonds. The molecule has 96 valence electrons. The van der Waals surface area contributed by atoms with Gasteiger partial charge in [0.05, 0.1) is 0 Å². The number of hydrogen-bond donors (Lipinski definition) is 1. The van der Waals surface area contributed by atoms with Crippen LogP contribution in [0.2, 0.25) is 0 Å². The van der Waals surface area contributed by atoms with E-state index in [4.69, 9.17) is 0 Å². The third-order valence-corrected chi connectivity index (χ3v) is 4.71. The topological polar surface area (TPSA) is 32.3 Å². The summed E-state index contributed by atoms with van der Waals surface area (Å²) in [6.07, 6.45) is 5.32. The van der Waals surface area contributed by atoms with Crippen molar-refractivity contribution in [3.05, 3.63) is 0 Å². The molecule has 0 bridgehead atoms. The minimum Gasteiger partial charge on any atom is -0.316 e. The number of likely N-dealkylation sites (tertiary alicyclic amines) is 1. The van der Waals surface area contributed by atoms with Crippen LogP contribution in [0.3, 0.4) is 0 Å². The summed E-state index contributed by atoms with van der Waals surface area (Å²) in [5.41, 5.74) is 0. The Hall–Kier alpha value is 0.0700. The van der Waals surface area contributed by atoms with Crippen LogP contribution in [0.5, 0.6) is 0 Å². The van der Waals surface area contributed by atoms with Crippen molar-refractivity contribution in [1.82, 2.24) is 10.2 Å². The molecule has 1 N–H and O–H groups in total. The summed E-state index contributed by atoms with van der Waals surface area (Å²) >= 11 is 0. The molecule has 0 radical (unpaired) electrons. The van der Waals surface area contributed by atoms with Gasteiger partial charge in [-0.3, -0.25) is 4.21 Å². The Balaban J connectivity index is 1.99. The van der Waals surface area contributed by atoms with Crippen molar-refractivity contribution in [1.29, 1.82) is 0 Å². The number of nitrogens with zero attached hydrogens (tertiary/aromatic N) is 1. The fourth-order valence-electron chi connectivity index (χ4n) is 2.23. The lowest BCUT2D eigenvalue weighted by Crippen LogP contribution is -2.38. The van der Waals surface area contributed by atoms with Crippen LogP contribution < -0.4 is 5.32 Å². The molecule has 3 nitrogen and oxygen atoms in total. The van der Waals surface area contributed by atoms with Crippen LogP contribution >= 0.6 is 0 Å². The molecule has 1 saturated heterocycles. The van der Waals surface area contributed by atoms with E-state index in [-0.39, 0.29) is 0 Å². The molecule has 2 atom stereocenters. The highest BCUT2D eigenvalue weighted by Gasteiger charge is 2.17. The molecule has 0 aromatic carbocycles. The van der Waals surface area contributed by atoms with Gasteiger partial charge < -0.3 is 10.2 Å². The van der Waals surface area contributed by atoms with Crippen LogP contribution in [0.15, 0.2) is 0 Å². The van der Waals surface area contributed by atoms with Crippen LogP contribution in [0, 0.1) is 0 Å². The average Bonchev–Trinajstić information content (AvgIpc) is 2.30. The molecule has 1 rings (SSSR count). The van der Waals surface area contributed by atoms with Crippen LogP contribution in [-0.2, 0) is 10.8 Å². The Morgan fingerprint density at radius 1 is 1.38 bits per heavy atom. The maximum Gasteiger partial charge on any atom is 0.0359 e. The van der Waals surface area contributed by atoms with Gasteiger partial charge in [-0.25, -0.2) is 0 Å². The molecular formula is C12H26N2OS. The van der Waals surface area contributed by atoms with Gasteiger partial charge in [0.1, 0.15) is 0 Å². The largest absolute Gasteiger partial charge is 0.316 e. The van der Waals surface area contributed by atoms with E-state index in [0.717, 1.165) is 30.6 Å². The van der Waals surface area contributed by atoms with E-state index in [1.165, 1.54) is 32.2 Å². The van der Waals surface area contributed by atoms with E-state index < -0.39 is 10.8 Å². The molecule has 0 spiro atoms. The molecule has 1 aliphatic heterocycles.